The fraction of sp³-hybridized carbons (Fsp3) is 1.00. The Morgan fingerprint density at radius 3 is 2.67 bits per heavy atom. The Hall–Kier alpha value is 0.0200. The molecule has 4 heteroatoms. The average Bonchev–Trinajstić information content (AvgIpc) is 1.63. The van der Waals surface area contributed by atoms with Gasteiger partial charge in [-0.05, 0) is 18.4 Å². The van der Waals surface area contributed by atoms with Crippen molar-refractivity contribution in [3.05, 3.63) is 0 Å². The van der Waals surface area contributed by atoms with Crippen LogP contribution in [0.25, 0.3) is 0 Å². The highest BCUT2D eigenvalue weighted by atomic mass is 31.1. The summed E-state index contributed by atoms with van der Waals surface area (Å²) in [5.41, 5.74) is 0. The molecule has 0 aromatic heterocycles. The maximum absolute atomic E-state index is 10.6. The molecule has 0 aliphatic carbocycles. The number of hydrogen-bond donors (Lipinski definition) is 1. The predicted octanol–water partition coefficient (Wildman–Crippen LogP) is 1.15. The molecule has 0 fully saturated rings. The highest BCUT2D eigenvalue weighted by molar-refractivity contribution is 7.39. The molecule has 0 rings (SSSR count). The average molecular weight is 151 g/mol. The lowest BCUT2D eigenvalue weighted by atomic mass is 10.5. The van der Waals surface area contributed by atoms with Crippen molar-refractivity contribution in [3.8, 4) is 0 Å². The van der Waals surface area contributed by atoms with Gasteiger partial charge in [-0.2, -0.15) is 0 Å². The van der Waals surface area contributed by atoms with E-state index in [9.17, 15) is 4.57 Å². The van der Waals surface area contributed by atoms with E-state index in [1.54, 1.807) is 13.8 Å². The molecule has 0 saturated carbocycles. The van der Waals surface area contributed by atoms with Crippen molar-refractivity contribution in [2.45, 2.75) is 20.0 Å². The Labute approximate surface area is 55.9 Å². The van der Waals surface area contributed by atoms with E-state index >= 15 is 0 Å². The smallest absolute Gasteiger partial charge is 0.389 e. The summed E-state index contributed by atoms with van der Waals surface area (Å²) in [6, 6.07) is 0. The van der Waals surface area contributed by atoms with E-state index in [0.29, 0.717) is 6.61 Å². The van der Waals surface area contributed by atoms with Crippen LogP contribution in [0.2, 0.25) is 0 Å². The Morgan fingerprint density at radius 2 is 2.33 bits per heavy atom. The van der Waals surface area contributed by atoms with E-state index in [-0.39, 0.29) is 6.16 Å². The van der Waals surface area contributed by atoms with Crippen LogP contribution in [-0.4, -0.2) is 24.0 Å². The molecule has 54 valence electrons. The first kappa shape index (κ1) is 9.02. The van der Waals surface area contributed by atoms with Crippen molar-refractivity contribution in [1.29, 1.82) is 0 Å². The van der Waals surface area contributed by atoms with Crippen LogP contribution < -0.4 is 0 Å². The molecule has 0 saturated heterocycles. The Kier molecular flexibility index (Phi) is 4.87. The quantitative estimate of drug-likeness (QED) is 0.613. The standard InChI is InChI=1S/C5H12O3P/c1-3-8-9(7)4-5(2)6/h5-6H,3-4H2,1-2H3/q+1. The lowest BCUT2D eigenvalue weighted by molar-refractivity contribution is 0.213. The first-order valence-corrected chi connectivity index (χ1v) is 4.28. The van der Waals surface area contributed by atoms with Crippen molar-refractivity contribution in [3.63, 3.8) is 0 Å². The first-order valence-electron chi connectivity index (χ1n) is 2.92. The third-order valence-electron chi connectivity index (χ3n) is 0.686. The second kappa shape index (κ2) is 4.86. The fourth-order valence-corrected chi connectivity index (χ4v) is 1.24. The molecule has 0 aliphatic rings. The molecule has 0 bridgehead atoms. The monoisotopic (exact) mass is 151 g/mol. The van der Waals surface area contributed by atoms with Crippen molar-refractivity contribution in [2.75, 3.05) is 12.8 Å². The van der Waals surface area contributed by atoms with Crippen LogP contribution in [0.5, 0.6) is 0 Å². The number of hydrogen-bond acceptors (Lipinski definition) is 3. The van der Waals surface area contributed by atoms with Crippen LogP contribution in [0, 0.1) is 0 Å². The molecule has 0 aliphatic heterocycles. The SMILES string of the molecule is CCO[P+](=O)CC(C)O. The summed E-state index contributed by atoms with van der Waals surface area (Å²) in [4.78, 5) is 0. The molecule has 0 spiro atoms. The maximum Gasteiger partial charge on any atom is 0.510 e. The molecule has 1 N–H and O–H groups in total. The van der Waals surface area contributed by atoms with Crippen LogP contribution in [0.4, 0.5) is 0 Å². The third-order valence-corrected chi connectivity index (χ3v) is 2.06. The molecule has 9 heavy (non-hydrogen) atoms. The van der Waals surface area contributed by atoms with Gasteiger partial charge in [0.15, 0.2) is 0 Å². The van der Waals surface area contributed by atoms with E-state index in [1.165, 1.54) is 0 Å². The van der Waals surface area contributed by atoms with Crippen molar-refractivity contribution < 1.29 is 14.2 Å². The molecule has 0 radical (unpaired) electrons. The lowest BCUT2D eigenvalue weighted by Crippen LogP contribution is -2.03. The first-order chi connectivity index (χ1) is 4.16. The second-order valence-corrected chi connectivity index (χ2v) is 3.07. The van der Waals surface area contributed by atoms with Gasteiger partial charge in [-0.3, -0.25) is 0 Å². The van der Waals surface area contributed by atoms with Crippen LogP contribution in [0.3, 0.4) is 0 Å². The molecule has 0 amide bonds. The van der Waals surface area contributed by atoms with Gasteiger partial charge in [-0.1, -0.05) is 0 Å². The minimum absolute atomic E-state index is 0.239. The zero-order valence-corrected chi connectivity index (χ0v) is 6.60. The molecular weight excluding hydrogens is 139 g/mol. The van der Waals surface area contributed by atoms with E-state index < -0.39 is 14.1 Å². The van der Waals surface area contributed by atoms with Crippen molar-refractivity contribution in [2.24, 2.45) is 0 Å². The third kappa shape index (κ3) is 5.90. The van der Waals surface area contributed by atoms with Gasteiger partial charge in [0.05, 0.1) is 12.7 Å². The van der Waals surface area contributed by atoms with Crippen molar-refractivity contribution in [1.82, 2.24) is 0 Å². The minimum atomic E-state index is -1.62. The fourth-order valence-electron chi connectivity index (χ4n) is 0.412. The highest BCUT2D eigenvalue weighted by Gasteiger charge is 2.18. The summed E-state index contributed by atoms with van der Waals surface area (Å²) >= 11 is 0. The predicted molar refractivity (Wildman–Crippen MR) is 35.8 cm³/mol. The Balaban J connectivity index is 3.27. The van der Waals surface area contributed by atoms with Crippen molar-refractivity contribution >= 4 is 8.03 Å². The molecule has 2 unspecified atom stereocenters. The van der Waals surface area contributed by atoms with Gasteiger partial charge in [0.1, 0.15) is 0 Å². The van der Waals surface area contributed by atoms with Crippen LogP contribution in [0.1, 0.15) is 13.8 Å². The second-order valence-electron chi connectivity index (χ2n) is 1.78. The van der Waals surface area contributed by atoms with Gasteiger partial charge in [-0.15, -0.1) is 4.52 Å². The van der Waals surface area contributed by atoms with Gasteiger partial charge in [0.2, 0.25) is 6.16 Å². The Bertz CT molecular complexity index is 92.2. The number of aliphatic hydroxyl groups is 1. The summed E-state index contributed by atoms with van der Waals surface area (Å²) in [6.45, 7) is 3.81. The van der Waals surface area contributed by atoms with E-state index in [2.05, 4.69) is 0 Å². The van der Waals surface area contributed by atoms with E-state index in [4.69, 9.17) is 9.63 Å². The van der Waals surface area contributed by atoms with E-state index in [0.717, 1.165) is 0 Å². The van der Waals surface area contributed by atoms with Crippen LogP contribution >= 0.6 is 8.03 Å². The van der Waals surface area contributed by atoms with E-state index in [1.807, 2.05) is 0 Å². The van der Waals surface area contributed by atoms with Gasteiger partial charge >= 0.3 is 8.03 Å². The highest BCUT2D eigenvalue weighted by Crippen LogP contribution is 2.21. The van der Waals surface area contributed by atoms with Crippen LogP contribution in [0.15, 0.2) is 0 Å². The normalized spacial score (nSPS) is 15.2. The largest absolute Gasteiger partial charge is 0.510 e. The summed E-state index contributed by atoms with van der Waals surface area (Å²) in [6.07, 6.45) is -0.288. The van der Waals surface area contributed by atoms with Gasteiger partial charge in [0, 0.05) is 0 Å². The molecule has 0 aromatic carbocycles. The molecule has 0 heterocycles. The van der Waals surface area contributed by atoms with Crippen LogP contribution in [-0.2, 0) is 9.09 Å². The summed E-state index contributed by atoms with van der Waals surface area (Å²) in [7, 11) is -1.62. The zero-order valence-electron chi connectivity index (χ0n) is 5.70. The minimum Gasteiger partial charge on any atom is -0.389 e. The molecule has 2 atom stereocenters. The molecule has 3 nitrogen and oxygen atoms in total. The molecule has 0 aromatic rings. The lowest BCUT2D eigenvalue weighted by Gasteiger charge is -1.89. The zero-order chi connectivity index (χ0) is 7.28. The number of rotatable bonds is 4. The Morgan fingerprint density at radius 1 is 1.78 bits per heavy atom. The summed E-state index contributed by atoms with van der Waals surface area (Å²) < 4.78 is 15.3. The maximum atomic E-state index is 10.6. The van der Waals surface area contributed by atoms with Gasteiger partial charge in [0.25, 0.3) is 0 Å². The topological polar surface area (TPSA) is 46.5 Å². The molecular formula is C5H12O3P+. The number of aliphatic hydroxyl groups excluding tert-OH is 1. The summed E-state index contributed by atoms with van der Waals surface area (Å²) in [5, 5.41) is 8.69. The van der Waals surface area contributed by atoms with Gasteiger partial charge < -0.3 is 5.11 Å². The van der Waals surface area contributed by atoms with Gasteiger partial charge in [-0.25, -0.2) is 0 Å². The summed E-state index contributed by atoms with van der Waals surface area (Å²) in [5.74, 6) is 0.